The molecule has 4 rings (SSSR count). The molecule has 1 aliphatic rings. The second-order valence-corrected chi connectivity index (χ2v) is 10.3. The van der Waals surface area contributed by atoms with Crippen molar-refractivity contribution in [1.82, 2.24) is 18.2 Å². The van der Waals surface area contributed by atoms with E-state index in [-0.39, 0.29) is 11.7 Å². The Hall–Kier alpha value is -2.63. The Morgan fingerprint density at radius 2 is 1.79 bits per heavy atom. The first kappa shape index (κ1) is 23.5. The van der Waals surface area contributed by atoms with Gasteiger partial charge in [-0.15, -0.1) is 13.2 Å². The molecule has 1 fully saturated rings. The van der Waals surface area contributed by atoms with Crippen molar-refractivity contribution in [3.8, 4) is 5.75 Å². The summed E-state index contributed by atoms with van der Waals surface area (Å²) in [5.41, 5.74) is 2.31. The fourth-order valence-corrected chi connectivity index (χ4v) is 5.31. The van der Waals surface area contributed by atoms with Crippen LogP contribution in [-0.4, -0.2) is 60.1 Å². The zero-order chi connectivity index (χ0) is 23.8. The van der Waals surface area contributed by atoms with Gasteiger partial charge in [0.25, 0.3) is 10.2 Å². The van der Waals surface area contributed by atoms with E-state index < -0.39 is 16.6 Å². The highest BCUT2D eigenvalue weighted by atomic mass is 32.2. The molecule has 0 unspecified atom stereocenters. The van der Waals surface area contributed by atoms with E-state index in [0.29, 0.717) is 38.0 Å². The molecule has 1 aromatic heterocycles. The number of ether oxygens (including phenoxy) is 1. The average molecular weight is 483 g/mol. The van der Waals surface area contributed by atoms with Gasteiger partial charge in [0.1, 0.15) is 11.6 Å². The summed E-state index contributed by atoms with van der Waals surface area (Å²) in [6.45, 7) is 1.08. The molecule has 7 nitrogen and oxygen atoms in total. The van der Waals surface area contributed by atoms with Gasteiger partial charge in [-0.25, -0.2) is 4.98 Å². The summed E-state index contributed by atoms with van der Waals surface area (Å²) in [5.74, 6) is 0.564. The summed E-state index contributed by atoms with van der Waals surface area (Å²) in [7, 11) is -0.452. The molecule has 1 saturated heterocycles. The Morgan fingerprint density at radius 1 is 1.09 bits per heavy atom. The fourth-order valence-electron chi connectivity index (χ4n) is 4.17. The Labute approximate surface area is 190 Å². The highest BCUT2D eigenvalue weighted by molar-refractivity contribution is 7.86. The van der Waals surface area contributed by atoms with Crippen molar-refractivity contribution >= 4 is 21.2 Å². The van der Waals surface area contributed by atoms with Crippen LogP contribution in [-0.2, 0) is 16.8 Å². The van der Waals surface area contributed by atoms with Gasteiger partial charge < -0.3 is 9.30 Å². The molecule has 2 aromatic carbocycles. The lowest BCUT2D eigenvalue weighted by Gasteiger charge is -2.32. The van der Waals surface area contributed by atoms with Crippen LogP contribution in [0.25, 0.3) is 11.0 Å². The number of alkyl halides is 3. The number of hydrogen-bond donors (Lipinski definition) is 0. The summed E-state index contributed by atoms with van der Waals surface area (Å²) in [5, 5.41) is 0. The van der Waals surface area contributed by atoms with E-state index in [4.69, 9.17) is 4.98 Å². The summed E-state index contributed by atoms with van der Waals surface area (Å²) in [6, 6.07) is 13.5. The molecule has 0 saturated carbocycles. The lowest BCUT2D eigenvalue weighted by Crippen LogP contribution is -2.44. The topological polar surface area (TPSA) is 67.7 Å². The highest BCUT2D eigenvalue weighted by Gasteiger charge is 2.33. The maximum atomic E-state index is 12.6. The third-order valence-electron chi connectivity index (χ3n) is 5.76. The van der Waals surface area contributed by atoms with E-state index in [1.807, 2.05) is 28.8 Å². The molecule has 178 valence electrons. The molecule has 0 spiro atoms. The van der Waals surface area contributed by atoms with E-state index in [0.717, 1.165) is 16.9 Å². The zero-order valence-electron chi connectivity index (χ0n) is 18.3. The average Bonchev–Trinajstić information content (AvgIpc) is 3.11. The van der Waals surface area contributed by atoms with Crippen LogP contribution in [0.1, 0.15) is 30.1 Å². The van der Waals surface area contributed by atoms with Gasteiger partial charge in [-0.05, 0) is 42.7 Å². The van der Waals surface area contributed by atoms with Crippen LogP contribution in [0.2, 0.25) is 0 Å². The van der Waals surface area contributed by atoms with Crippen LogP contribution in [0.15, 0.2) is 48.5 Å². The maximum absolute atomic E-state index is 12.6. The lowest BCUT2D eigenvalue weighted by molar-refractivity contribution is -0.274. The molecular formula is C22H25F3N4O3S. The van der Waals surface area contributed by atoms with Crippen LogP contribution in [0.4, 0.5) is 13.2 Å². The highest BCUT2D eigenvalue weighted by Crippen LogP contribution is 2.32. The first-order chi connectivity index (χ1) is 15.5. The van der Waals surface area contributed by atoms with E-state index in [2.05, 4.69) is 4.74 Å². The number of benzene rings is 2. The van der Waals surface area contributed by atoms with Crippen LogP contribution in [0.3, 0.4) is 0 Å². The van der Waals surface area contributed by atoms with Crippen molar-refractivity contribution in [3.05, 3.63) is 59.9 Å². The van der Waals surface area contributed by atoms with Gasteiger partial charge in [0.15, 0.2) is 0 Å². The first-order valence-corrected chi connectivity index (χ1v) is 11.9. The Balaban J connectivity index is 1.62. The molecule has 1 aliphatic heterocycles. The van der Waals surface area contributed by atoms with Crippen molar-refractivity contribution < 1.29 is 26.3 Å². The van der Waals surface area contributed by atoms with Crippen molar-refractivity contribution in [3.63, 3.8) is 0 Å². The summed E-state index contributed by atoms with van der Waals surface area (Å²) >= 11 is 0. The Morgan fingerprint density at radius 3 is 2.45 bits per heavy atom. The molecule has 0 radical (unpaired) electrons. The largest absolute Gasteiger partial charge is 0.573 e. The number of piperidine rings is 1. The van der Waals surface area contributed by atoms with Gasteiger partial charge in [-0.1, -0.05) is 24.3 Å². The normalized spacial score (nSPS) is 16.5. The molecular weight excluding hydrogens is 457 g/mol. The molecule has 2 heterocycles. The number of fused-ring (bicyclic) bond motifs is 1. The molecule has 0 bridgehead atoms. The van der Waals surface area contributed by atoms with Crippen LogP contribution < -0.4 is 4.74 Å². The smallest absolute Gasteiger partial charge is 0.406 e. The number of para-hydroxylation sites is 2. The van der Waals surface area contributed by atoms with E-state index >= 15 is 0 Å². The molecule has 0 N–H and O–H groups in total. The van der Waals surface area contributed by atoms with Crippen LogP contribution in [0, 0.1) is 0 Å². The van der Waals surface area contributed by atoms with Crippen molar-refractivity contribution in [2.75, 3.05) is 27.2 Å². The molecule has 33 heavy (non-hydrogen) atoms. The van der Waals surface area contributed by atoms with Crippen LogP contribution in [0.5, 0.6) is 5.75 Å². The summed E-state index contributed by atoms with van der Waals surface area (Å²) in [6.07, 6.45) is -3.55. The third-order valence-corrected chi connectivity index (χ3v) is 7.70. The third kappa shape index (κ3) is 5.15. The van der Waals surface area contributed by atoms with Gasteiger partial charge in [0.2, 0.25) is 0 Å². The van der Waals surface area contributed by atoms with Gasteiger partial charge in [-0.3, -0.25) is 0 Å². The second kappa shape index (κ2) is 8.96. The number of imidazole rings is 1. The van der Waals surface area contributed by atoms with Gasteiger partial charge in [0.05, 0.1) is 11.0 Å². The predicted octanol–water partition coefficient (Wildman–Crippen LogP) is 3.97. The lowest BCUT2D eigenvalue weighted by atomic mass is 9.97. The van der Waals surface area contributed by atoms with E-state index in [1.165, 1.54) is 40.9 Å². The summed E-state index contributed by atoms with van der Waals surface area (Å²) in [4.78, 5) is 4.81. The number of halogens is 3. The minimum Gasteiger partial charge on any atom is -0.406 e. The number of aromatic nitrogens is 2. The van der Waals surface area contributed by atoms with Gasteiger partial charge in [0, 0.05) is 39.6 Å². The second-order valence-electron chi connectivity index (χ2n) is 8.20. The quantitative estimate of drug-likeness (QED) is 0.533. The number of rotatable bonds is 6. The van der Waals surface area contributed by atoms with Gasteiger partial charge in [-0.2, -0.15) is 17.0 Å². The molecule has 11 heteroatoms. The van der Waals surface area contributed by atoms with Crippen LogP contribution >= 0.6 is 0 Å². The SMILES string of the molecule is CN(C)S(=O)(=O)N1CCC(c2nc3ccccc3n2Cc2cccc(OC(F)(F)F)c2)CC1. The zero-order valence-corrected chi connectivity index (χ0v) is 19.1. The molecule has 0 amide bonds. The molecule has 3 aromatic rings. The van der Waals surface area contributed by atoms with Gasteiger partial charge >= 0.3 is 6.36 Å². The van der Waals surface area contributed by atoms with Crippen molar-refractivity contribution in [2.24, 2.45) is 0 Å². The standard InChI is InChI=1S/C22H25F3N4O3S/c1-27(2)33(30,31)28-12-10-17(11-13-28)21-26-19-8-3-4-9-20(19)29(21)15-16-6-5-7-18(14-16)32-22(23,24)25/h3-9,14,17H,10-13,15H2,1-2H3. The Kier molecular flexibility index (Phi) is 6.39. The van der Waals surface area contributed by atoms with E-state index in [9.17, 15) is 21.6 Å². The number of hydrogen-bond acceptors (Lipinski definition) is 4. The Bertz CT molecular complexity index is 1230. The van der Waals surface area contributed by atoms with E-state index in [1.54, 1.807) is 6.07 Å². The van der Waals surface area contributed by atoms with Crippen molar-refractivity contribution in [1.29, 1.82) is 0 Å². The monoisotopic (exact) mass is 482 g/mol. The predicted molar refractivity (Wildman–Crippen MR) is 118 cm³/mol. The first-order valence-electron chi connectivity index (χ1n) is 10.5. The minimum absolute atomic E-state index is 0.0284. The van der Waals surface area contributed by atoms with Crippen molar-refractivity contribution in [2.45, 2.75) is 31.7 Å². The maximum Gasteiger partial charge on any atom is 0.573 e. The summed E-state index contributed by atoms with van der Waals surface area (Å²) < 4.78 is 71.6. The number of nitrogens with zero attached hydrogens (tertiary/aromatic N) is 4. The minimum atomic E-state index is -4.76. The fraction of sp³-hybridized carbons (Fsp3) is 0.409. The molecule has 0 atom stereocenters. The molecule has 0 aliphatic carbocycles.